The van der Waals surface area contributed by atoms with Crippen LogP contribution in [0.25, 0.3) is 0 Å². The summed E-state index contributed by atoms with van der Waals surface area (Å²) >= 11 is 0. The van der Waals surface area contributed by atoms with Crippen LogP contribution in [0, 0.1) is 10.1 Å². The van der Waals surface area contributed by atoms with Crippen molar-refractivity contribution in [1.82, 2.24) is 0 Å². The van der Waals surface area contributed by atoms with Gasteiger partial charge < -0.3 is 5.11 Å². The fraction of sp³-hybridized carbons (Fsp3) is 0. The van der Waals surface area contributed by atoms with E-state index in [1.807, 2.05) is 0 Å². The molecule has 2 aromatic carbocycles. The first-order valence-corrected chi connectivity index (χ1v) is 5.17. The first-order valence-electron chi connectivity index (χ1n) is 5.17. The molecule has 2 rings (SSSR count). The van der Waals surface area contributed by atoms with Crippen molar-refractivity contribution in [3.05, 3.63) is 69.8 Å². The number of carbonyl (C=O) groups excluding carboxylic acids is 1. The maximum absolute atomic E-state index is 12.0. The van der Waals surface area contributed by atoms with Gasteiger partial charge in [0, 0.05) is 17.2 Å². The molecule has 1 atom stereocenters. The van der Waals surface area contributed by atoms with Gasteiger partial charge in [0.15, 0.2) is 11.5 Å². The molecule has 0 aromatic heterocycles. The molecule has 0 saturated carbocycles. The van der Waals surface area contributed by atoms with Crippen molar-refractivity contribution in [1.29, 1.82) is 0 Å². The molecule has 0 spiro atoms. The Morgan fingerprint density at radius 3 is 2.26 bits per heavy atom. The second-order valence-electron chi connectivity index (χ2n) is 3.66. The fourth-order valence-electron chi connectivity index (χ4n) is 1.57. The summed E-state index contributed by atoms with van der Waals surface area (Å²) in [5.41, 5.74) is 0.139. The van der Waals surface area contributed by atoms with Gasteiger partial charge in [0.2, 0.25) is 0 Å². The van der Waals surface area contributed by atoms with Crippen molar-refractivity contribution in [3.63, 3.8) is 0 Å². The second-order valence-corrected chi connectivity index (χ2v) is 3.66. The number of ketones is 1. The molecule has 19 heavy (non-hydrogen) atoms. The topological polar surface area (TPSA) is 80.4 Å². The third-order valence-corrected chi connectivity index (χ3v) is 2.47. The van der Waals surface area contributed by atoms with Crippen LogP contribution in [0.5, 0.6) is 5.75 Å². The number of nitro benzene ring substituents is 1. The molecule has 0 aliphatic carbocycles. The number of nitrogens with zero attached hydrogens (tertiary/aromatic N) is 1. The number of phenolic OH excluding ortho intramolecular Hbond substituents is 1. The van der Waals surface area contributed by atoms with Gasteiger partial charge in [-0.15, -0.1) is 0 Å². The molecule has 0 aliphatic heterocycles. The van der Waals surface area contributed by atoms with Gasteiger partial charge in [-0.05, 0) is 12.1 Å². The Balaban J connectivity index is 0.00000180. The second kappa shape index (κ2) is 6.16. The number of hydrogen-bond acceptors (Lipinski definition) is 4. The van der Waals surface area contributed by atoms with Crippen LogP contribution >= 0.6 is 0 Å². The third kappa shape index (κ3) is 3.20. The zero-order valence-corrected chi connectivity index (χ0v) is 12.9. The normalized spacial score (nSPS) is 9.47. The van der Waals surface area contributed by atoms with Crippen LogP contribution in [0.4, 0.5) is 5.69 Å². The Labute approximate surface area is 120 Å². The number of benzene rings is 2. The van der Waals surface area contributed by atoms with Crippen molar-refractivity contribution in [2.45, 2.75) is 0 Å². The van der Waals surface area contributed by atoms with Crippen LogP contribution in [0.3, 0.4) is 0 Å². The van der Waals surface area contributed by atoms with E-state index in [-0.39, 0.29) is 29.3 Å². The van der Waals surface area contributed by atoms with Crippen LogP contribution < -0.4 is 0 Å². The minimum absolute atomic E-state index is 0. The van der Waals surface area contributed by atoms with Gasteiger partial charge in [0.25, 0.3) is 0 Å². The van der Waals surface area contributed by atoms with Gasteiger partial charge in [-0.2, -0.15) is 0 Å². The van der Waals surface area contributed by atoms with E-state index >= 15 is 0 Å². The molecule has 98 valence electrons. The van der Waals surface area contributed by atoms with E-state index in [9.17, 15) is 20.0 Å². The average Bonchev–Trinajstić information content (AvgIpc) is 2.39. The SMILES string of the molecule is O=C(c1ccccc1)c1ccc(O)c([N+](=O)[O-])c1.[AsH3]. The summed E-state index contributed by atoms with van der Waals surface area (Å²) in [7, 11) is 0. The number of carbonyl (C=O) groups is 1. The van der Waals surface area contributed by atoms with Crippen molar-refractivity contribution in [3.8, 4) is 5.75 Å². The van der Waals surface area contributed by atoms with Gasteiger partial charge in [-0.1, -0.05) is 30.3 Å². The quantitative estimate of drug-likeness (QED) is 0.400. The van der Waals surface area contributed by atoms with Crippen molar-refractivity contribution in [2.24, 2.45) is 0 Å². The van der Waals surface area contributed by atoms with Gasteiger partial charge in [-0.25, -0.2) is 0 Å². The first kappa shape index (κ1) is 14.9. The summed E-state index contributed by atoms with van der Waals surface area (Å²) < 4.78 is 0. The maximum atomic E-state index is 12.0. The minimum atomic E-state index is -0.725. The van der Waals surface area contributed by atoms with E-state index in [0.29, 0.717) is 5.56 Å². The molecular formula is C13H12AsNO4. The van der Waals surface area contributed by atoms with Gasteiger partial charge in [0.05, 0.1) is 4.92 Å². The molecular weight excluding hydrogens is 309 g/mol. The Kier molecular flexibility index (Phi) is 4.84. The molecule has 1 unspecified atom stereocenters. The number of nitro groups is 1. The van der Waals surface area contributed by atoms with Crippen molar-refractivity contribution >= 4 is 29.4 Å². The molecule has 0 amide bonds. The van der Waals surface area contributed by atoms with E-state index < -0.39 is 16.4 Å². The van der Waals surface area contributed by atoms with E-state index in [2.05, 4.69) is 0 Å². The fourth-order valence-corrected chi connectivity index (χ4v) is 1.57. The number of aromatic hydroxyl groups is 1. The van der Waals surface area contributed by atoms with E-state index in [0.717, 1.165) is 12.1 Å². The summed E-state index contributed by atoms with van der Waals surface area (Å²) in [6, 6.07) is 12.0. The molecule has 2 aromatic rings. The van der Waals surface area contributed by atoms with Gasteiger partial charge >= 0.3 is 23.6 Å². The Morgan fingerprint density at radius 2 is 1.68 bits per heavy atom. The molecule has 0 heterocycles. The van der Waals surface area contributed by atoms with E-state index in [1.165, 1.54) is 6.07 Å². The molecule has 0 saturated heterocycles. The van der Waals surface area contributed by atoms with Crippen LogP contribution in [0.1, 0.15) is 15.9 Å². The molecule has 0 aliphatic rings. The molecule has 0 bridgehead atoms. The van der Waals surface area contributed by atoms with Crippen LogP contribution in [-0.4, -0.2) is 33.8 Å². The number of phenols is 1. The van der Waals surface area contributed by atoms with E-state index in [1.54, 1.807) is 30.3 Å². The monoisotopic (exact) mass is 321 g/mol. The zero-order valence-electron chi connectivity index (χ0n) is 9.95. The van der Waals surface area contributed by atoms with Crippen LogP contribution in [0.15, 0.2) is 48.5 Å². The molecule has 6 heteroatoms. The average molecular weight is 321 g/mol. The van der Waals surface area contributed by atoms with Crippen molar-refractivity contribution in [2.75, 3.05) is 0 Å². The predicted octanol–water partition coefficient (Wildman–Crippen LogP) is 1.35. The number of hydrogen-bond donors (Lipinski definition) is 1. The Bertz CT molecular complexity index is 613. The van der Waals surface area contributed by atoms with Gasteiger partial charge in [0.1, 0.15) is 0 Å². The van der Waals surface area contributed by atoms with Crippen LogP contribution in [0.2, 0.25) is 0 Å². The Hall–Kier alpha value is -2.13. The van der Waals surface area contributed by atoms with Crippen molar-refractivity contribution < 1.29 is 14.8 Å². The first-order chi connectivity index (χ1) is 8.59. The summed E-state index contributed by atoms with van der Waals surface area (Å²) in [4.78, 5) is 22.0. The predicted molar refractivity (Wildman–Crippen MR) is 74.6 cm³/mol. The molecule has 0 fully saturated rings. The zero-order chi connectivity index (χ0) is 13.1. The summed E-state index contributed by atoms with van der Waals surface area (Å²) in [5.74, 6) is -0.775. The Morgan fingerprint density at radius 1 is 1.05 bits per heavy atom. The summed E-state index contributed by atoms with van der Waals surface area (Å²) in [6.07, 6.45) is 0. The third-order valence-electron chi connectivity index (χ3n) is 2.47. The number of rotatable bonds is 3. The van der Waals surface area contributed by atoms with E-state index in [4.69, 9.17) is 0 Å². The standard InChI is InChI=1S/C13H9NO4.AsH3/c15-12-7-6-10(8-11(12)14(17)18)13(16)9-4-2-1-3-5-9;/h1-8,15H;1H3. The van der Waals surface area contributed by atoms with Crippen LogP contribution in [-0.2, 0) is 0 Å². The summed E-state index contributed by atoms with van der Waals surface area (Å²) in [6.45, 7) is 0. The van der Waals surface area contributed by atoms with Gasteiger partial charge in [-0.3, -0.25) is 14.9 Å². The molecule has 1 N–H and O–H groups in total. The molecule has 0 radical (unpaired) electrons. The summed E-state index contributed by atoms with van der Waals surface area (Å²) in [5, 5.41) is 20.0. The molecule has 5 nitrogen and oxygen atoms in total.